The molecule has 0 radical (unpaired) electrons. The number of amides is 2. The summed E-state index contributed by atoms with van der Waals surface area (Å²) in [5.74, 6) is 0.454. The number of benzene rings is 1. The zero-order valence-electron chi connectivity index (χ0n) is 13.9. The fourth-order valence-electron chi connectivity index (χ4n) is 2.14. The Morgan fingerprint density at radius 2 is 2.13 bits per heavy atom. The second kappa shape index (κ2) is 6.32. The third-order valence-corrected chi connectivity index (χ3v) is 2.98. The van der Waals surface area contributed by atoms with Gasteiger partial charge in [-0.15, -0.1) is 0 Å². The summed E-state index contributed by atoms with van der Waals surface area (Å²) < 4.78 is 10.6. The van der Waals surface area contributed by atoms with Gasteiger partial charge in [0, 0.05) is 12.2 Å². The van der Waals surface area contributed by atoms with Gasteiger partial charge in [0.2, 0.25) is 0 Å². The Balaban J connectivity index is 2.23. The van der Waals surface area contributed by atoms with E-state index in [0.29, 0.717) is 23.7 Å². The first kappa shape index (κ1) is 16.9. The molecule has 1 aliphatic heterocycles. The molecule has 0 atom stereocenters. The highest BCUT2D eigenvalue weighted by Crippen LogP contribution is 2.35. The summed E-state index contributed by atoms with van der Waals surface area (Å²) in [6.07, 6.45) is -0.549. The number of nitrogens with zero attached hydrogens (tertiary/aromatic N) is 1. The predicted octanol–water partition coefficient (Wildman–Crippen LogP) is 3.34. The molecule has 1 aromatic rings. The summed E-state index contributed by atoms with van der Waals surface area (Å²) in [6, 6.07) is 5.12. The van der Waals surface area contributed by atoms with Crippen LogP contribution in [0.25, 0.3) is 0 Å². The van der Waals surface area contributed by atoms with Gasteiger partial charge in [0.05, 0.1) is 5.69 Å². The predicted molar refractivity (Wildman–Crippen MR) is 89.0 cm³/mol. The first-order valence-electron chi connectivity index (χ1n) is 7.37. The molecule has 0 unspecified atom stereocenters. The minimum Gasteiger partial charge on any atom is -0.482 e. The van der Waals surface area contributed by atoms with E-state index in [1.165, 1.54) is 0 Å². The third kappa shape index (κ3) is 4.48. The van der Waals surface area contributed by atoms with Crippen molar-refractivity contribution in [3.05, 3.63) is 30.4 Å². The van der Waals surface area contributed by atoms with Gasteiger partial charge in [-0.2, -0.15) is 0 Å². The molecule has 0 spiro atoms. The van der Waals surface area contributed by atoms with Crippen molar-refractivity contribution in [1.29, 1.82) is 0 Å². The van der Waals surface area contributed by atoms with E-state index in [1.807, 2.05) is 6.92 Å². The maximum Gasteiger partial charge on any atom is 0.412 e. The lowest BCUT2D eigenvalue weighted by Crippen LogP contribution is -2.39. The molecule has 0 saturated carbocycles. The first-order chi connectivity index (χ1) is 10.7. The minimum atomic E-state index is -0.580. The molecule has 1 heterocycles. The van der Waals surface area contributed by atoms with E-state index in [-0.39, 0.29) is 12.5 Å². The Morgan fingerprint density at radius 1 is 1.43 bits per heavy atom. The molecule has 23 heavy (non-hydrogen) atoms. The summed E-state index contributed by atoms with van der Waals surface area (Å²) in [7, 11) is 0. The second-order valence-electron chi connectivity index (χ2n) is 6.54. The van der Waals surface area contributed by atoms with Crippen LogP contribution in [0, 0.1) is 0 Å². The van der Waals surface area contributed by atoms with Crippen LogP contribution >= 0.6 is 0 Å². The smallest absolute Gasteiger partial charge is 0.412 e. The summed E-state index contributed by atoms with van der Waals surface area (Å²) in [4.78, 5) is 25.5. The molecule has 0 aliphatic carbocycles. The van der Waals surface area contributed by atoms with Crippen molar-refractivity contribution < 1.29 is 19.1 Å². The SMILES string of the molecule is C=C(C)CN1C(=O)COc2ccc(NC(=O)OC(C)(C)C)cc21. The average molecular weight is 318 g/mol. The fourth-order valence-corrected chi connectivity index (χ4v) is 2.14. The van der Waals surface area contributed by atoms with Gasteiger partial charge in [0.1, 0.15) is 11.4 Å². The number of hydrogen-bond donors (Lipinski definition) is 1. The number of carbonyl (C=O) groups is 2. The van der Waals surface area contributed by atoms with E-state index in [2.05, 4.69) is 11.9 Å². The number of carbonyl (C=O) groups excluding carboxylic acids is 2. The maximum atomic E-state index is 12.1. The fraction of sp³-hybridized carbons (Fsp3) is 0.412. The van der Waals surface area contributed by atoms with Crippen LogP contribution in [0.2, 0.25) is 0 Å². The first-order valence-corrected chi connectivity index (χ1v) is 7.37. The number of fused-ring (bicyclic) bond motifs is 1. The van der Waals surface area contributed by atoms with Crippen LogP contribution in [0.15, 0.2) is 30.4 Å². The van der Waals surface area contributed by atoms with Gasteiger partial charge in [-0.1, -0.05) is 12.2 Å². The van der Waals surface area contributed by atoms with Gasteiger partial charge < -0.3 is 14.4 Å². The van der Waals surface area contributed by atoms with Crippen LogP contribution in [0.1, 0.15) is 27.7 Å². The van der Waals surface area contributed by atoms with Gasteiger partial charge >= 0.3 is 6.09 Å². The number of nitrogens with one attached hydrogen (secondary N) is 1. The Bertz CT molecular complexity index is 646. The van der Waals surface area contributed by atoms with Gasteiger partial charge in [0.25, 0.3) is 5.91 Å². The molecule has 2 amide bonds. The summed E-state index contributed by atoms with van der Waals surface area (Å²) in [5, 5.41) is 2.66. The highest BCUT2D eigenvalue weighted by molar-refractivity contribution is 5.99. The zero-order chi connectivity index (χ0) is 17.2. The molecule has 6 nitrogen and oxygen atoms in total. The summed E-state index contributed by atoms with van der Waals surface area (Å²) >= 11 is 0. The summed E-state index contributed by atoms with van der Waals surface area (Å²) in [5.41, 5.74) is 1.42. The van der Waals surface area contributed by atoms with Crippen molar-refractivity contribution in [3.63, 3.8) is 0 Å². The lowest BCUT2D eigenvalue weighted by atomic mass is 10.2. The molecule has 0 fully saturated rings. The topological polar surface area (TPSA) is 67.9 Å². The van der Waals surface area contributed by atoms with Crippen molar-refractivity contribution in [2.45, 2.75) is 33.3 Å². The zero-order valence-corrected chi connectivity index (χ0v) is 13.9. The van der Waals surface area contributed by atoms with Crippen LogP contribution in [0.3, 0.4) is 0 Å². The lowest BCUT2D eigenvalue weighted by Gasteiger charge is -2.30. The molecule has 0 saturated heterocycles. The number of hydrogen-bond acceptors (Lipinski definition) is 4. The van der Waals surface area contributed by atoms with Crippen molar-refractivity contribution >= 4 is 23.4 Å². The van der Waals surface area contributed by atoms with Crippen molar-refractivity contribution in [2.75, 3.05) is 23.4 Å². The van der Waals surface area contributed by atoms with Crippen LogP contribution < -0.4 is 15.0 Å². The van der Waals surface area contributed by atoms with E-state index in [4.69, 9.17) is 9.47 Å². The van der Waals surface area contributed by atoms with Crippen LogP contribution in [-0.4, -0.2) is 30.8 Å². The molecular weight excluding hydrogens is 296 g/mol. The summed E-state index contributed by atoms with van der Waals surface area (Å²) in [6.45, 7) is 11.5. The van der Waals surface area contributed by atoms with Crippen molar-refractivity contribution in [3.8, 4) is 5.75 Å². The van der Waals surface area contributed by atoms with Gasteiger partial charge in [-0.05, 0) is 45.9 Å². The maximum absolute atomic E-state index is 12.1. The Hall–Kier alpha value is -2.50. The number of rotatable bonds is 3. The molecule has 0 aromatic heterocycles. The highest BCUT2D eigenvalue weighted by atomic mass is 16.6. The van der Waals surface area contributed by atoms with E-state index in [0.717, 1.165) is 5.57 Å². The van der Waals surface area contributed by atoms with Crippen LogP contribution in [-0.2, 0) is 9.53 Å². The standard InChI is InChI=1S/C17H22N2O4/c1-11(2)9-19-13-8-12(18-16(21)23-17(3,4)5)6-7-14(13)22-10-15(19)20/h6-8H,1,9-10H2,2-5H3,(H,18,21). The number of anilines is 2. The molecular formula is C17H22N2O4. The molecule has 1 aromatic carbocycles. The van der Waals surface area contributed by atoms with E-state index >= 15 is 0 Å². The lowest BCUT2D eigenvalue weighted by molar-refractivity contribution is -0.121. The third-order valence-electron chi connectivity index (χ3n) is 2.98. The number of ether oxygens (including phenoxy) is 2. The van der Waals surface area contributed by atoms with Gasteiger partial charge in [-0.25, -0.2) is 4.79 Å². The van der Waals surface area contributed by atoms with Crippen molar-refractivity contribution in [1.82, 2.24) is 0 Å². The van der Waals surface area contributed by atoms with Gasteiger partial charge in [0.15, 0.2) is 6.61 Å². The second-order valence-corrected chi connectivity index (χ2v) is 6.54. The normalized spacial score (nSPS) is 13.9. The molecule has 1 aliphatic rings. The molecule has 124 valence electrons. The van der Waals surface area contributed by atoms with E-state index in [1.54, 1.807) is 43.9 Å². The van der Waals surface area contributed by atoms with E-state index < -0.39 is 11.7 Å². The average Bonchev–Trinajstić information content (AvgIpc) is 2.39. The Labute approximate surface area is 136 Å². The monoisotopic (exact) mass is 318 g/mol. The van der Waals surface area contributed by atoms with Crippen LogP contribution in [0.4, 0.5) is 16.2 Å². The molecule has 2 rings (SSSR count). The van der Waals surface area contributed by atoms with Gasteiger partial charge in [-0.3, -0.25) is 10.1 Å². The molecule has 6 heteroatoms. The minimum absolute atomic E-state index is 0.000872. The van der Waals surface area contributed by atoms with Crippen LogP contribution in [0.5, 0.6) is 5.75 Å². The van der Waals surface area contributed by atoms with Crippen molar-refractivity contribution in [2.24, 2.45) is 0 Å². The Morgan fingerprint density at radius 3 is 2.74 bits per heavy atom. The quantitative estimate of drug-likeness (QED) is 0.868. The largest absolute Gasteiger partial charge is 0.482 e. The highest BCUT2D eigenvalue weighted by Gasteiger charge is 2.26. The Kier molecular flexibility index (Phi) is 4.63. The molecule has 0 bridgehead atoms. The molecule has 1 N–H and O–H groups in total. The van der Waals surface area contributed by atoms with E-state index in [9.17, 15) is 9.59 Å².